The van der Waals surface area contributed by atoms with E-state index in [9.17, 15) is 4.79 Å². The summed E-state index contributed by atoms with van der Waals surface area (Å²) < 4.78 is 5.43. The van der Waals surface area contributed by atoms with Crippen LogP contribution >= 0.6 is 11.3 Å². The van der Waals surface area contributed by atoms with E-state index in [1.165, 1.54) is 17.0 Å². The number of fused-ring (bicyclic) bond motifs is 1. The molecule has 2 atom stereocenters. The van der Waals surface area contributed by atoms with Crippen LogP contribution in [0.3, 0.4) is 0 Å². The molecular weight excluding hydrogens is 296 g/mol. The molecule has 2 aliphatic carbocycles. The van der Waals surface area contributed by atoms with Crippen LogP contribution in [0.15, 0.2) is 0 Å². The monoisotopic (exact) mass is 320 g/mol. The maximum absolute atomic E-state index is 12.5. The van der Waals surface area contributed by atoms with Gasteiger partial charge in [0.1, 0.15) is 0 Å². The average Bonchev–Trinajstić information content (AvgIpc) is 3.05. The van der Waals surface area contributed by atoms with E-state index in [1.54, 1.807) is 0 Å². The summed E-state index contributed by atoms with van der Waals surface area (Å²) in [6, 6.07) is 0. The van der Waals surface area contributed by atoms with Crippen molar-refractivity contribution in [2.75, 3.05) is 19.8 Å². The number of hydrogen-bond acceptors (Lipinski definition) is 4. The van der Waals surface area contributed by atoms with E-state index in [0.29, 0.717) is 5.92 Å². The van der Waals surface area contributed by atoms with E-state index in [1.807, 2.05) is 11.3 Å². The minimum absolute atomic E-state index is 0.233. The van der Waals surface area contributed by atoms with Crippen molar-refractivity contribution in [1.29, 1.82) is 0 Å². The van der Waals surface area contributed by atoms with Gasteiger partial charge < -0.3 is 10.1 Å². The fourth-order valence-corrected chi connectivity index (χ4v) is 5.29. The SMILES string of the molecule is Cc1nc2c(s1)CCC[C@H]2CNC(=O)[C@H]1CC12CCOCC2. The van der Waals surface area contributed by atoms with E-state index in [0.717, 1.165) is 56.9 Å². The Morgan fingerprint density at radius 2 is 2.27 bits per heavy atom. The van der Waals surface area contributed by atoms with Crippen LogP contribution in [0.1, 0.15) is 53.6 Å². The molecule has 0 bridgehead atoms. The van der Waals surface area contributed by atoms with E-state index in [-0.39, 0.29) is 17.2 Å². The number of ether oxygens (including phenoxy) is 1. The molecule has 0 unspecified atom stereocenters. The number of rotatable bonds is 3. The summed E-state index contributed by atoms with van der Waals surface area (Å²) in [7, 11) is 0. The molecule has 2 heterocycles. The predicted octanol–water partition coefficient (Wildman–Crippen LogP) is 2.80. The molecule has 5 heteroatoms. The van der Waals surface area contributed by atoms with Crippen LogP contribution in [0.5, 0.6) is 0 Å². The lowest BCUT2D eigenvalue weighted by Crippen LogP contribution is -2.33. The van der Waals surface area contributed by atoms with Gasteiger partial charge in [0.25, 0.3) is 0 Å². The van der Waals surface area contributed by atoms with Crippen LogP contribution < -0.4 is 5.32 Å². The number of nitrogens with zero attached hydrogens (tertiary/aromatic N) is 1. The number of aromatic nitrogens is 1. The molecule has 1 aromatic heterocycles. The lowest BCUT2D eigenvalue weighted by molar-refractivity contribution is -0.123. The predicted molar refractivity (Wildman–Crippen MR) is 86.1 cm³/mol. The van der Waals surface area contributed by atoms with Crippen molar-refractivity contribution >= 4 is 17.2 Å². The van der Waals surface area contributed by atoms with E-state index >= 15 is 0 Å². The summed E-state index contributed by atoms with van der Waals surface area (Å²) in [6.07, 6.45) is 6.72. The maximum Gasteiger partial charge on any atom is 0.223 e. The van der Waals surface area contributed by atoms with Gasteiger partial charge in [-0.1, -0.05) is 0 Å². The first-order chi connectivity index (χ1) is 10.7. The van der Waals surface area contributed by atoms with Gasteiger partial charge in [-0.3, -0.25) is 4.79 Å². The second-order valence-electron chi connectivity index (χ2n) is 7.11. The summed E-state index contributed by atoms with van der Waals surface area (Å²) in [5.74, 6) is 0.916. The minimum Gasteiger partial charge on any atom is -0.381 e. The summed E-state index contributed by atoms with van der Waals surface area (Å²) in [5.41, 5.74) is 1.53. The van der Waals surface area contributed by atoms with Crippen molar-refractivity contribution in [2.24, 2.45) is 11.3 Å². The molecular formula is C17H24N2O2S. The van der Waals surface area contributed by atoms with Crippen molar-refractivity contribution in [2.45, 2.75) is 51.4 Å². The van der Waals surface area contributed by atoms with Gasteiger partial charge in [0.2, 0.25) is 5.91 Å². The van der Waals surface area contributed by atoms with Crippen LogP contribution in [-0.4, -0.2) is 30.6 Å². The van der Waals surface area contributed by atoms with Gasteiger partial charge in [0.15, 0.2) is 0 Å². The van der Waals surface area contributed by atoms with Gasteiger partial charge in [0.05, 0.1) is 10.7 Å². The fourth-order valence-electron chi connectivity index (χ4n) is 4.22. The first-order valence-electron chi connectivity index (χ1n) is 8.50. The highest BCUT2D eigenvalue weighted by molar-refractivity contribution is 7.11. The zero-order valence-electron chi connectivity index (χ0n) is 13.2. The zero-order valence-corrected chi connectivity index (χ0v) is 14.0. The van der Waals surface area contributed by atoms with Crippen molar-refractivity contribution in [3.63, 3.8) is 0 Å². The smallest absolute Gasteiger partial charge is 0.223 e. The number of carbonyl (C=O) groups excluding carboxylic acids is 1. The van der Waals surface area contributed by atoms with Crippen LogP contribution in [0.4, 0.5) is 0 Å². The van der Waals surface area contributed by atoms with E-state index in [4.69, 9.17) is 9.72 Å². The maximum atomic E-state index is 12.5. The largest absolute Gasteiger partial charge is 0.381 e. The van der Waals surface area contributed by atoms with Crippen molar-refractivity contribution in [1.82, 2.24) is 10.3 Å². The van der Waals surface area contributed by atoms with E-state index in [2.05, 4.69) is 12.2 Å². The van der Waals surface area contributed by atoms with E-state index < -0.39 is 0 Å². The van der Waals surface area contributed by atoms with Gasteiger partial charge in [-0.25, -0.2) is 4.98 Å². The molecule has 2 fully saturated rings. The van der Waals surface area contributed by atoms with Crippen LogP contribution in [-0.2, 0) is 16.0 Å². The minimum atomic E-state index is 0.233. The standard InChI is InChI=1S/C17H24N2O2S/c1-11-19-15-12(3-2-4-14(15)22-11)10-18-16(20)13-9-17(13)5-7-21-8-6-17/h12-13H,2-10H2,1H3,(H,18,20)/t12-,13+/m0/s1. The number of nitrogens with one attached hydrogen (secondary N) is 1. The van der Waals surface area contributed by atoms with Gasteiger partial charge in [-0.05, 0) is 50.9 Å². The van der Waals surface area contributed by atoms with Gasteiger partial charge in [0, 0.05) is 36.5 Å². The molecule has 4 nitrogen and oxygen atoms in total. The highest BCUT2D eigenvalue weighted by atomic mass is 32.1. The lowest BCUT2D eigenvalue weighted by atomic mass is 9.90. The summed E-state index contributed by atoms with van der Waals surface area (Å²) in [4.78, 5) is 18.6. The zero-order chi connectivity index (χ0) is 15.2. The number of hydrogen-bond donors (Lipinski definition) is 1. The summed E-state index contributed by atoms with van der Waals surface area (Å²) >= 11 is 1.83. The number of amides is 1. The first kappa shape index (κ1) is 14.6. The van der Waals surface area contributed by atoms with Gasteiger partial charge in [-0.15, -0.1) is 11.3 Å². The van der Waals surface area contributed by atoms with Crippen molar-refractivity contribution in [3.05, 3.63) is 15.6 Å². The topological polar surface area (TPSA) is 51.2 Å². The Morgan fingerprint density at radius 1 is 1.45 bits per heavy atom. The fraction of sp³-hybridized carbons (Fsp3) is 0.765. The highest BCUT2D eigenvalue weighted by Crippen LogP contribution is 2.59. The van der Waals surface area contributed by atoms with Gasteiger partial charge >= 0.3 is 0 Å². The third-order valence-corrected chi connectivity index (χ3v) is 6.74. The number of thiazole rings is 1. The molecule has 0 aromatic carbocycles. The normalized spacial score (nSPS) is 29.1. The molecule has 120 valence electrons. The van der Waals surface area contributed by atoms with Crippen LogP contribution in [0.25, 0.3) is 0 Å². The quantitative estimate of drug-likeness (QED) is 0.932. The molecule has 1 N–H and O–H groups in total. The molecule has 3 aliphatic rings. The van der Waals surface area contributed by atoms with Gasteiger partial charge in [-0.2, -0.15) is 0 Å². The number of aryl methyl sites for hydroxylation is 2. The number of carbonyl (C=O) groups is 1. The summed E-state index contributed by atoms with van der Waals surface area (Å²) in [6.45, 7) is 4.50. The second-order valence-corrected chi connectivity index (χ2v) is 8.39. The Balaban J connectivity index is 1.35. The molecule has 1 aliphatic heterocycles. The highest BCUT2D eigenvalue weighted by Gasteiger charge is 2.57. The second kappa shape index (κ2) is 5.60. The van der Waals surface area contributed by atoms with Crippen molar-refractivity contribution < 1.29 is 9.53 Å². The Morgan fingerprint density at radius 3 is 3.09 bits per heavy atom. The molecule has 1 saturated carbocycles. The third-order valence-electron chi connectivity index (χ3n) is 5.70. The molecule has 0 radical (unpaired) electrons. The Kier molecular flexibility index (Phi) is 3.73. The molecule has 4 rings (SSSR count). The first-order valence-corrected chi connectivity index (χ1v) is 9.31. The lowest BCUT2D eigenvalue weighted by Gasteiger charge is -2.24. The molecule has 1 aromatic rings. The molecule has 1 spiro atoms. The molecule has 1 amide bonds. The van der Waals surface area contributed by atoms with Crippen LogP contribution in [0, 0.1) is 18.3 Å². The van der Waals surface area contributed by atoms with Crippen LogP contribution in [0.2, 0.25) is 0 Å². The summed E-state index contributed by atoms with van der Waals surface area (Å²) in [5, 5.41) is 4.38. The molecule has 22 heavy (non-hydrogen) atoms. The van der Waals surface area contributed by atoms with Crippen molar-refractivity contribution in [3.8, 4) is 0 Å². The Hall–Kier alpha value is -0.940. The third kappa shape index (κ3) is 2.58. The molecule has 1 saturated heterocycles. The Labute approximate surface area is 135 Å². The average molecular weight is 320 g/mol. The Bertz CT molecular complexity index is 577.